The summed E-state index contributed by atoms with van der Waals surface area (Å²) in [5.41, 5.74) is 1.31. The van der Waals surface area contributed by atoms with E-state index in [9.17, 15) is 4.79 Å². The van der Waals surface area contributed by atoms with Crippen LogP contribution in [0.15, 0.2) is 28.7 Å². The van der Waals surface area contributed by atoms with Crippen molar-refractivity contribution in [2.45, 2.75) is 13.0 Å². The fraction of sp³-hybridized carbons (Fsp3) is 0.562. The van der Waals surface area contributed by atoms with E-state index in [4.69, 9.17) is 0 Å². The van der Waals surface area contributed by atoms with Crippen LogP contribution in [0.5, 0.6) is 0 Å². The quantitative estimate of drug-likeness (QED) is 0.819. The Bertz CT molecular complexity index is 505. The minimum absolute atomic E-state index is 0.204. The summed E-state index contributed by atoms with van der Waals surface area (Å²) < 4.78 is 1.16. The van der Waals surface area contributed by atoms with Gasteiger partial charge in [-0.3, -0.25) is 9.69 Å². The van der Waals surface area contributed by atoms with Crippen molar-refractivity contribution in [3.05, 3.63) is 34.3 Å². The highest BCUT2D eigenvalue weighted by atomic mass is 79.9. The zero-order chi connectivity index (χ0) is 14.7. The van der Waals surface area contributed by atoms with Gasteiger partial charge in [0.1, 0.15) is 0 Å². The van der Waals surface area contributed by atoms with Gasteiger partial charge in [0.15, 0.2) is 0 Å². The molecule has 1 aromatic carbocycles. The van der Waals surface area contributed by atoms with Gasteiger partial charge < -0.3 is 4.90 Å². The van der Waals surface area contributed by atoms with E-state index in [2.05, 4.69) is 43.9 Å². The summed E-state index contributed by atoms with van der Waals surface area (Å²) in [6, 6.07) is 8.35. The molecule has 2 heterocycles. The highest BCUT2D eigenvalue weighted by molar-refractivity contribution is 9.10. The molecule has 0 saturated carbocycles. The molecule has 2 aliphatic rings. The van der Waals surface area contributed by atoms with Crippen molar-refractivity contribution in [3.8, 4) is 0 Å². The van der Waals surface area contributed by atoms with Gasteiger partial charge >= 0.3 is 0 Å². The molecule has 0 radical (unpaired) electrons. The number of hydrogen-bond donors (Lipinski definition) is 0. The number of thioether (sulfide) groups is 1. The summed E-state index contributed by atoms with van der Waals surface area (Å²) in [6.45, 7) is 4.74. The lowest BCUT2D eigenvalue weighted by molar-refractivity contribution is -0.134. The van der Waals surface area contributed by atoms with Crippen LogP contribution >= 0.6 is 27.7 Å². The number of nitrogens with zero attached hydrogens (tertiary/aromatic N) is 2. The minimum atomic E-state index is 0.204. The first-order valence-corrected chi connectivity index (χ1v) is 9.51. The Morgan fingerprint density at radius 1 is 1.24 bits per heavy atom. The molecular formula is C16H21BrN2OS. The summed E-state index contributed by atoms with van der Waals surface area (Å²) in [7, 11) is 0. The molecule has 1 amide bonds. The minimum Gasteiger partial charge on any atom is -0.341 e. The third-order valence-corrected chi connectivity index (χ3v) is 6.01. The predicted octanol–water partition coefficient (Wildman–Crippen LogP) is 2.85. The van der Waals surface area contributed by atoms with Gasteiger partial charge in [-0.1, -0.05) is 34.1 Å². The smallest absolute Gasteiger partial charge is 0.227 e. The third kappa shape index (κ3) is 3.82. The van der Waals surface area contributed by atoms with Crippen LogP contribution in [0.2, 0.25) is 0 Å². The molecule has 1 unspecified atom stereocenters. The lowest BCUT2D eigenvalue weighted by atomic mass is 10.1. The molecule has 2 aliphatic heterocycles. The maximum absolute atomic E-state index is 12.5. The molecule has 1 atom stereocenters. The molecule has 0 N–H and O–H groups in total. The molecule has 0 spiro atoms. The average Bonchev–Trinajstić information content (AvgIpc) is 2.98. The van der Waals surface area contributed by atoms with Gasteiger partial charge in [0.05, 0.1) is 5.92 Å². The molecule has 2 fully saturated rings. The largest absolute Gasteiger partial charge is 0.341 e. The summed E-state index contributed by atoms with van der Waals surface area (Å²) >= 11 is 5.56. The van der Waals surface area contributed by atoms with Gasteiger partial charge in [-0.25, -0.2) is 0 Å². The summed E-state index contributed by atoms with van der Waals surface area (Å²) in [5.74, 6) is 2.78. The second kappa shape index (κ2) is 7.16. The molecule has 0 aromatic heterocycles. The molecule has 21 heavy (non-hydrogen) atoms. The molecule has 1 aromatic rings. The molecule has 2 saturated heterocycles. The van der Waals surface area contributed by atoms with Crippen LogP contribution in [0.3, 0.4) is 0 Å². The molecule has 5 heteroatoms. The van der Waals surface area contributed by atoms with E-state index in [0.717, 1.165) is 55.1 Å². The van der Waals surface area contributed by atoms with Gasteiger partial charge in [0, 0.05) is 42.2 Å². The monoisotopic (exact) mass is 368 g/mol. The average molecular weight is 369 g/mol. The Morgan fingerprint density at radius 3 is 2.76 bits per heavy atom. The normalized spacial score (nSPS) is 23.5. The number of carbonyl (C=O) groups is 1. The van der Waals surface area contributed by atoms with Crippen molar-refractivity contribution in [2.75, 3.05) is 37.7 Å². The summed E-state index contributed by atoms with van der Waals surface area (Å²) in [6.07, 6.45) is 1.01. The Kier molecular flexibility index (Phi) is 5.24. The number of benzene rings is 1. The van der Waals surface area contributed by atoms with E-state index in [-0.39, 0.29) is 5.92 Å². The zero-order valence-corrected chi connectivity index (χ0v) is 14.5. The van der Waals surface area contributed by atoms with Gasteiger partial charge in [-0.05, 0) is 24.6 Å². The Hall–Kier alpha value is -0.520. The van der Waals surface area contributed by atoms with E-state index in [0.29, 0.717) is 5.91 Å². The van der Waals surface area contributed by atoms with Gasteiger partial charge in [0.2, 0.25) is 5.91 Å². The zero-order valence-electron chi connectivity index (χ0n) is 12.1. The second-order valence-corrected chi connectivity index (χ2v) is 7.83. The van der Waals surface area contributed by atoms with Crippen molar-refractivity contribution < 1.29 is 4.79 Å². The molecule has 0 aliphatic carbocycles. The van der Waals surface area contributed by atoms with Crippen LogP contribution < -0.4 is 0 Å². The van der Waals surface area contributed by atoms with Crippen molar-refractivity contribution in [3.63, 3.8) is 0 Å². The highest BCUT2D eigenvalue weighted by Gasteiger charge is 2.31. The first kappa shape index (κ1) is 15.4. The SMILES string of the molecule is O=C(C1CCN(Cc2ccccc2Br)C1)N1CCSCC1. The van der Waals surface area contributed by atoms with Crippen molar-refractivity contribution in [1.82, 2.24) is 9.80 Å². The lowest BCUT2D eigenvalue weighted by Crippen LogP contribution is -2.42. The van der Waals surface area contributed by atoms with E-state index < -0.39 is 0 Å². The molecule has 3 nitrogen and oxygen atoms in total. The standard InChI is InChI=1S/C16H21BrN2OS/c17-15-4-2-1-3-13(15)11-18-6-5-14(12-18)16(20)19-7-9-21-10-8-19/h1-4,14H,5-12H2. The molecule has 3 rings (SSSR count). The molecule has 0 bridgehead atoms. The topological polar surface area (TPSA) is 23.6 Å². The van der Waals surface area contributed by atoms with Gasteiger partial charge in [-0.15, -0.1) is 0 Å². The van der Waals surface area contributed by atoms with Crippen molar-refractivity contribution in [2.24, 2.45) is 5.92 Å². The maximum Gasteiger partial charge on any atom is 0.227 e. The van der Waals surface area contributed by atoms with Gasteiger partial charge in [0.25, 0.3) is 0 Å². The van der Waals surface area contributed by atoms with Crippen LogP contribution in [-0.4, -0.2) is 53.4 Å². The highest BCUT2D eigenvalue weighted by Crippen LogP contribution is 2.24. The number of likely N-dealkylation sites (tertiary alicyclic amines) is 1. The number of amides is 1. The number of rotatable bonds is 3. The summed E-state index contributed by atoms with van der Waals surface area (Å²) in [5, 5.41) is 0. The third-order valence-electron chi connectivity index (χ3n) is 4.30. The number of hydrogen-bond acceptors (Lipinski definition) is 3. The van der Waals surface area contributed by atoms with Crippen LogP contribution in [0.1, 0.15) is 12.0 Å². The van der Waals surface area contributed by atoms with Crippen LogP contribution in [0.25, 0.3) is 0 Å². The molecular weight excluding hydrogens is 348 g/mol. The van der Waals surface area contributed by atoms with E-state index in [1.54, 1.807) is 0 Å². The van der Waals surface area contributed by atoms with Crippen LogP contribution in [-0.2, 0) is 11.3 Å². The maximum atomic E-state index is 12.5. The van der Waals surface area contributed by atoms with Crippen LogP contribution in [0.4, 0.5) is 0 Å². The van der Waals surface area contributed by atoms with E-state index >= 15 is 0 Å². The number of carbonyl (C=O) groups excluding carboxylic acids is 1. The van der Waals surface area contributed by atoms with Crippen molar-refractivity contribution >= 4 is 33.6 Å². The Balaban J connectivity index is 1.55. The fourth-order valence-electron chi connectivity index (χ4n) is 3.09. The van der Waals surface area contributed by atoms with E-state index in [1.807, 2.05) is 17.8 Å². The van der Waals surface area contributed by atoms with Crippen LogP contribution in [0, 0.1) is 5.92 Å². The number of halogens is 1. The first-order chi connectivity index (χ1) is 10.2. The predicted molar refractivity (Wildman–Crippen MR) is 91.4 cm³/mol. The van der Waals surface area contributed by atoms with Crippen molar-refractivity contribution in [1.29, 1.82) is 0 Å². The fourth-order valence-corrected chi connectivity index (χ4v) is 4.40. The van der Waals surface area contributed by atoms with E-state index in [1.165, 1.54) is 5.56 Å². The summed E-state index contributed by atoms with van der Waals surface area (Å²) in [4.78, 5) is 17.0. The Morgan fingerprint density at radius 2 is 2.00 bits per heavy atom. The second-order valence-electron chi connectivity index (χ2n) is 5.75. The Labute approximate surface area is 139 Å². The molecule has 114 valence electrons. The van der Waals surface area contributed by atoms with Gasteiger partial charge in [-0.2, -0.15) is 11.8 Å². The first-order valence-electron chi connectivity index (χ1n) is 7.56. The lowest BCUT2D eigenvalue weighted by Gasteiger charge is -2.29.